The Kier molecular flexibility index (Phi) is 13.9. The zero-order chi connectivity index (χ0) is 54.6. The zero-order valence-electron chi connectivity index (χ0n) is 45.8. The van der Waals surface area contributed by atoms with Crippen LogP contribution in [0.15, 0.2) is 278 Å². The fourth-order valence-corrected chi connectivity index (χ4v) is 12.1. The van der Waals surface area contributed by atoms with Crippen LogP contribution in [0.3, 0.4) is 0 Å². The van der Waals surface area contributed by atoms with E-state index in [1.807, 2.05) is 0 Å². The molecular weight excluding hydrogens is 993 g/mol. The fraction of sp³-hybridized carbons (Fsp3) is 0.103. The summed E-state index contributed by atoms with van der Waals surface area (Å²) in [5, 5.41) is 1.00. The monoisotopic (exact) mass is 1050 g/mol. The largest absolute Gasteiger partial charge is 0.252 e. The third-order valence-electron chi connectivity index (χ3n) is 16.4. The highest BCUT2D eigenvalue weighted by Gasteiger charge is 2.24. The first-order chi connectivity index (χ1) is 40.6. The van der Waals surface area contributed by atoms with Crippen LogP contribution in [0.4, 0.5) is 0 Å². The number of allylic oxidation sites excluding steroid dienone is 13. The molecule has 4 nitrogen and oxygen atoms in total. The quantitative estimate of drug-likeness (QED) is 0.123. The minimum Gasteiger partial charge on any atom is -0.252 e. The molecule has 2 aromatic heterocycles. The van der Waals surface area contributed by atoms with Crippen LogP contribution in [0.2, 0.25) is 0 Å². The Morgan fingerprint density at radius 3 is 1.74 bits per heavy atom. The molecule has 14 rings (SSSR count). The highest BCUT2D eigenvalue weighted by atomic mass is 14.9. The number of fused-ring (bicyclic) bond motifs is 1. The average molecular weight is 1050 g/mol. The van der Waals surface area contributed by atoms with Crippen molar-refractivity contribution < 1.29 is 0 Å². The molecule has 0 saturated heterocycles. The summed E-state index contributed by atoms with van der Waals surface area (Å²) < 4.78 is 0. The maximum atomic E-state index is 5.68. The van der Waals surface area contributed by atoms with Gasteiger partial charge in [0, 0.05) is 51.3 Å². The van der Waals surface area contributed by atoms with Gasteiger partial charge in [-0.05, 0) is 136 Å². The summed E-state index contributed by atoms with van der Waals surface area (Å²) in [5.74, 6) is 0.803. The summed E-state index contributed by atoms with van der Waals surface area (Å²) in [6, 6.07) is 78.6. The van der Waals surface area contributed by atoms with Gasteiger partial charge in [0.1, 0.15) is 0 Å². The van der Waals surface area contributed by atoms with Crippen molar-refractivity contribution >= 4 is 44.6 Å². The summed E-state index contributed by atoms with van der Waals surface area (Å²) in [6.45, 7) is 0. The maximum absolute atomic E-state index is 5.68. The number of rotatable bonds is 12. The van der Waals surface area contributed by atoms with E-state index in [0.717, 1.165) is 134 Å². The predicted molar refractivity (Wildman–Crippen MR) is 344 cm³/mol. The van der Waals surface area contributed by atoms with Crippen molar-refractivity contribution in [2.24, 2.45) is 4.99 Å². The standard InChI is InChI=1S/C78H60N4/c1-7-21-53(22-8-1)63-33-19-35-65(45-63)67-47-70(66-36-20-34-64(46-66)54-23-9-2-10-24-54)77-71(48-67)76(61-41-39-60(40-42-61)75-50-68(55-25-11-3-12-26-55)49-72(80-75)57-27-13-4-14-28-57)81-78(82-77)62-43-37-56(38-44-62)69-51-73(58-29-15-5-16-30-58)79-74(52-69)59-31-17-6-18-32-59/h2-7,9-11,13-19,21-25,27-33,35-51,69H,1,8,12,20,26,34,52H2. The highest BCUT2D eigenvalue weighted by Crippen LogP contribution is 2.42. The summed E-state index contributed by atoms with van der Waals surface area (Å²) in [5.41, 5.74) is 25.5. The first-order valence-corrected chi connectivity index (χ1v) is 28.9. The van der Waals surface area contributed by atoms with E-state index in [9.17, 15) is 0 Å². The van der Waals surface area contributed by atoms with Crippen LogP contribution in [0.5, 0.6) is 0 Å². The smallest absolute Gasteiger partial charge is 0.160 e. The molecule has 1 atom stereocenters. The molecule has 0 N–H and O–H groups in total. The maximum Gasteiger partial charge on any atom is 0.160 e. The predicted octanol–water partition coefficient (Wildman–Crippen LogP) is 20.1. The Labute approximate surface area is 481 Å². The summed E-state index contributed by atoms with van der Waals surface area (Å²) in [4.78, 5) is 21.9. The molecule has 0 fully saturated rings. The van der Waals surface area contributed by atoms with Crippen LogP contribution >= 0.6 is 0 Å². The Hall–Kier alpha value is -9.90. The van der Waals surface area contributed by atoms with Crippen LogP contribution in [0.25, 0.3) is 95.2 Å². The molecule has 3 heterocycles. The summed E-state index contributed by atoms with van der Waals surface area (Å²) in [6.07, 6.45) is 27.6. The first kappa shape index (κ1) is 50.3. The van der Waals surface area contributed by atoms with Crippen LogP contribution in [0, 0.1) is 0 Å². The van der Waals surface area contributed by atoms with E-state index in [2.05, 4.69) is 273 Å². The lowest BCUT2D eigenvalue weighted by Gasteiger charge is -2.22. The van der Waals surface area contributed by atoms with Gasteiger partial charge in [-0.1, -0.05) is 243 Å². The van der Waals surface area contributed by atoms with E-state index in [1.54, 1.807) is 0 Å². The van der Waals surface area contributed by atoms with Gasteiger partial charge in [-0.15, -0.1) is 0 Å². The molecule has 0 radical (unpaired) electrons. The molecule has 1 aliphatic heterocycles. The Bertz CT molecular complexity index is 4290. The minimum atomic E-state index is 0.122. The SMILES string of the molecule is C1=CCCC(c2cc(-c3ccccc3)nc(-c3ccc(-c4nc(-c5ccc(C6C=C(c7ccccc7)N=C(c7ccccc7)C6)cc5)nc5c(C6=CCCC(c7ccccc7)=C6)cc(-c6cccc(C7=CCCC=C7)c6)cc45)cc3)c2)=C1. The molecule has 4 aliphatic rings. The van der Waals surface area contributed by atoms with Crippen molar-refractivity contribution in [2.75, 3.05) is 0 Å². The molecule has 1 unspecified atom stereocenters. The van der Waals surface area contributed by atoms with Crippen LogP contribution < -0.4 is 0 Å². The second-order valence-corrected chi connectivity index (χ2v) is 21.8. The van der Waals surface area contributed by atoms with Gasteiger partial charge >= 0.3 is 0 Å². The molecule has 392 valence electrons. The topological polar surface area (TPSA) is 51.0 Å². The van der Waals surface area contributed by atoms with E-state index in [4.69, 9.17) is 19.9 Å². The number of aromatic nitrogens is 3. The summed E-state index contributed by atoms with van der Waals surface area (Å²) in [7, 11) is 0. The Morgan fingerprint density at radius 2 is 1.04 bits per heavy atom. The van der Waals surface area contributed by atoms with Gasteiger partial charge in [-0.3, -0.25) is 4.99 Å². The van der Waals surface area contributed by atoms with Gasteiger partial charge in [0.15, 0.2) is 5.82 Å². The molecule has 0 saturated carbocycles. The van der Waals surface area contributed by atoms with Crippen LogP contribution in [-0.4, -0.2) is 20.7 Å². The molecule has 8 aromatic carbocycles. The van der Waals surface area contributed by atoms with Gasteiger partial charge in [0.2, 0.25) is 0 Å². The van der Waals surface area contributed by atoms with Gasteiger partial charge in [0.25, 0.3) is 0 Å². The van der Waals surface area contributed by atoms with E-state index in [1.165, 1.54) is 44.5 Å². The lowest BCUT2D eigenvalue weighted by Crippen LogP contribution is -2.12. The molecule has 0 amide bonds. The second kappa shape index (κ2) is 22.7. The van der Waals surface area contributed by atoms with Crippen molar-refractivity contribution in [2.45, 2.75) is 50.9 Å². The molecule has 0 spiro atoms. The lowest BCUT2D eigenvalue weighted by atomic mass is 9.86. The third-order valence-corrected chi connectivity index (χ3v) is 16.4. The Morgan fingerprint density at radius 1 is 0.402 bits per heavy atom. The number of aliphatic imine (C=N–C) groups is 1. The number of nitrogens with zero attached hydrogens (tertiary/aromatic N) is 4. The first-order valence-electron chi connectivity index (χ1n) is 28.9. The van der Waals surface area contributed by atoms with Crippen molar-refractivity contribution in [3.05, 3.63) is 312 Å². The normalized spacial score (nSPS) is 15.9. The van der Waals surface area contributed by atoms with Crippen LogP contribution in [0.1, 0.15) is 89.8 Å². The average Bonchev–Trinajstić information content (AvgIpc) is 3.69. The number of benzene rings is 8. The lowest BCUT2D eigenvalue weighted by molar-refractivity contribution is 0.879. The zero-order valence-corrected chi connectivity index (χ0v) is 45.8. The molecule has 10 aromatic rings. The molecular formula is C78H60N4. The van der Waals surface area contributed by atoms with E-state index >= 15 is 0 Å². The van der Waals surface area contributed by atoms with Crippen LogP contribution in [-0.2, 0) is 0 Å². The molecule has 82 heavy (non-hydrogen) atoms. The highest BCUT2D eigenvalue weighted by molar-refractivity contribution is 6.06. The van der Waals surface area contributed by atoms with Crippen molar-refractivity contribution in [1.29, 1.82) is 0 Å². The van der Waals surface area contributed by atoms with E-state index in [-0.39, 0.29) is 5.92 Å². The van der Waals surface area contributed by atoms with Crippen molar-refractivity contribution in [3.8, 4) is 56.3 Å². The molecule has 3 aliphatic carbocycles. The van der Waals surface area contributed by atoms with Gasteiger partial charge < -0.3 is 0 Å². The van der Waals surface area contributed by atoms with Gasteiger partial charge in [-0.25, -0.2) is 15.0 Å². The molecule has 4 heteroatoms. The second-order valence-electron chi connectivity index (χ2n) is 21.8. The van der Waals surface area contributed by atoms with Gasteiger partial charge in [-0.2, -0.15) is 0 Å². The Balaban J connectivity index is 0.932. The summed E-state index contributed by atoms with van der Waals surface area (Å²) >= 11 is 0. The van der Waals surface area contributed by atoms with Crippen molar-refractivity contribution in [3.63, 3.8) is 0 Å². The van der Waals surface area contributed by atoms with Crippen molar-refractivity contribution in [1.82, 2.24) is 15.0 Å². The fourth-order valence-electron chi connectivity index (χ4n) is 12.1. The number of hydrogen-bond acceptors (Lipinski definition) is 4. The van der Waals surface area contributed by atoms with E-state index in [0.29, 0.717) is 5.82 Å². The number of pyridine rings is 1. The van der Waals surface area contributed by atoms with Gasteiger partial charge in [0.05, 0.1) is 28.3 Å². The minimum absolute atomic E-state index is 0.122. The molecule has 0 bridgehead atoms. The van der Waals surface area contributed by atoms with E-state index < -0.39 is 0 Å². The number of hydrogen-bond donors (Lipinski definition) is 0. The third kappa shape index (κ3) is 10.6.